The zero-order chi connectivity index (χ0) is 14.9. The van der Waals surface area contributed by atoms with E-state index in [4.69, 9.17) is 10.8 Å². The summed E-state index contributed by atoms with van der Waals surface area (Å²) in [6.45, 7) is 0. The fourth-order valence-electron chi connectivity index (χ4n) is 1.51. The number of hydrogen-bond acceptors (Lipinski definition) is 4. The molecule has 5 nitrogen and oxygen atoms in total. The van der Waals surface area contributed by atoms with E-state index in [1.807, 2.05) is 0 Å². The van der Waals surface area contributed by atoms with Crippen LogP contribution in [0.1, 0.15) is 10.4 Å². The van der Waals surface area contributed by atoms with Gasteiger partial charge < -0.3 is 16.2 Å². The Bertz CT molecular complexity index is 692. The standard InChI is InChI=1S/C12H8F3N3O2/c13-6-3-8(15)9(4-7(6)14)18-11-10(16)5(12(19)20)1-2-17-11/h1-4H,16H2,(H,17,18)(H,19,20). The molecule has 0 aliphatic rings. The summed E-state index contributed by atoms with van der Waals surface area (Å²) >= 11 is 0. The molecular formula is C12H8F3N3O2. The molecule has 8 heteroatoms. The molecule has 0 amide bonds. The molecule has 0 aliphatic carbocycles. The number of aromatic nitrogens is 1. The van der Waals surface area contributed by atoms with Gasteiger partial charge in [-0.3, -0.25) is 0 Å². The van der Waals surface area contributed by atoms with Crippen molar-refractivity contribution < 1.29 is 23.1 Å². The Morgan fingerprint density at radius 2 is 1.85 bits per heavy atom. The molecule has 0 aliphatic heterocycles. The van der Waals surface area contributed by atoms with Crippen molar-refractivity contribution in [1.82, 2.24) is 4.98 Å². The van der Waals surface area contributed by atoms with E-state index in [0.717, 1.165) is 12.3 Å². The summed E-state index contributed by atoms with van der Waals surface area (Å²) in [7, 11) is 0. The summed E-state index contributed by atoms with van der Waals surface area (Å²) in [5, 5.41) is 11.2. The van der Waals surface area contributed by atoms with Crippen LogP contribution in [0.2, 0.25) is 0 Å². The third-order valence-corrected chi connectivity index (χ3v) is 2.48. The topological polar surface area (TPSA) is 88.2 Å². The summed E-state index contributed by atoms with van der Waals surface area (Å²) in [6, 6.07) is 2.10. The SMILES string of the molecule is Nc1c(C(=O)O)ccnc1Nc1cc(F)c(F)cc1F. The van der Waals surface area contributed by atoms with Crippen molar-refractivity contribution in [2.24, 2.45) is 0 Å². The number of aromatic carboxylic acids is 1. The zero-order valence-corrected chi connectivity index (χ0v) is 9.82. The lowest BCUT2D eigenvalue weighted by Gasteiger charge is -2.11. The number of carboxylic acids is 1. The first-order valence-corrected chi connectivity index (χ1v) is 5.29. The van der Waals surface area contributed by atoms with Crippen molar-refractivity contribution in [2.45, 2.75) is 0 Å². The van der Waals surface area contributed by atoms with Crippen molar-refractivity contribution in [3.8, 4) is 0 Å². The molecule has 0 spiro atoms. The second-order valence-corrected chi connectivity index (χ2v) is 3.80. The maximum Gasteiger partial charge on any atom is 0.337 e. The molecule has 1 heterocycles. The highest BCUT2D eigenvalue weighted by Gasteiger charge is 2.15. The van der Waals surface area contributed by atoms with E-state index >= 15 is 0 Å². The molecule has 104 valence electrons. The van der Waals surface area contributed by atoms with Gasteiger partial charge in [0.15, 0.2) is 17.5 Å². The fourth-order valence-corrected chi connectivity index (χ4v) is 1.51. The molecule has 0 radical (unpaired) electrons. The van der Waals surface area contributed by atoms with Gasteiger partial charge in [-0.2, -0.15) is 0 Å². The lowest BCUT2D eigenvalue weighted by Crippen LogP contribution is -2.08. The van der Waals surface area contributed by atoms with E-state index in [1.165, 1.54) is 0 Å². The van der Waals surface area contributed by atoms with Crippen molar-refractivity contribution in [3.05, 3.63) is 47.4 Å². The van der Waals surface area contributed by atoms with E-state index in [0.29, 0.717) is 12.1 Å². The number of anilines is 3. The van der Waals surface area contributed by atoms with Crippen LogP contribution in [0.25, 0.3) is 0 Å². The van der Waals surface area contributed by atoms with Crippen LogP contribution in [0.15, 0.2) is 24.4 Å². The van der Waals surface area contributed by atoms with E-state index in [2.05, 4.69) is 10.3 Å². The zero-order valence-electron chi connectivity index (χ0n) is 9.82. The molecule has 1 aromatic heterocycles. The second kappa shape index (κ2) is 5.08. The molecule has 4 N–H and O–H groups in total. The van der Waals surface area contributed by atoms with Gasteiger partial charge >= 0.3 is 5.97 Å². The van der Waals surface area contributed by atoms with Crippen LogP contribution in [0, 0.1) is 17.5 Å². The fraction of sp³-hybridized carbons (Fsp3) is 0. The molecular weight excluding hydrogens is 275 g/mol. The van der Waals surface area contributed by atoms with Gasteiger partial charge in [0.05, 0.1) is 16.9 Å². The maximum atomic E-state index is 13.5. The van der Waals surface area contributed by atoms with Crippen LogP contribution in [0.4, 0.5) is 30.4 Å². The number of benzene rings is 1. The van der Waals surface area contributed by atoms with Gasteiger partial charge in [0, 0.05) is 18.3 Å². The summed E-state index contributed by atoms with van der Waals surface area (Å²) in [4.78, 5) is 14.6. The van der Waals surface area contributed by atoms with Crippen LogP contribution in [0.5, 0.6) is 0 Å². The molecule has 1 aromatic carbocycles. The monoisotopic (exact) mass is 283 g/mol. The lowest BCUT2D eigenvalue weighted by molar-refractivity contribution is 0.0698. The molecule has 0 saturated heterocycles. The number of hydrogen-bond donors (Lipinski definition) is 3. The number of nitrogen functional groups attached to an aromatic ring is 1. The molecule has 0 unspecified atom stereocenters. The third kappa shape index (κ3) is 2.48. The van der Waals surface area contributed by atoms with Crippen molar-refractivity contribution in [3.63, 3.8) is 0 Å². The number of pyridine rings is 1. The molecule has 0 saturated carbocycles. The Morgan fingerprint density at radius 1 is 1.20 bits per heavy atom. The Hall–Kier alpha value is -2.77. The molecule has 2 rings (SSSR count). The second-order valence-electron chi connectivity index (χ2n) is 3.80. The Kier molecular flexibility index (Phi) is 3.47. The number of nitrogens with zero attached hydrogens (tertiary/aromatic N) is 1. The Balaban J connectivity index is 2.43. The summed E-state index contributed by atoms with van der Waals surface area (Å²) in [5.74, 6) is -5.13. The first-order chi connectivity index (χ1) is 9.40. The van der Waals surface area contributed by atoms with Crippen molar-refractivity contribution >= 4 is 23.2 Å². The number of nitrogens with two attached hydrogens (primary N) is 1. The number of nitrogens with one attached hydrogen (secondary N) is 1. The quantitative estimate of drug-likeness (QED) is 0.753. The largest absolute Gasteiger partial charge is 0.478 e. The smallest absolute Gasteiger partial charge is 0.337 e. The van der Waals surface area contributed by atoms with Gasteiger partial charge in [0.1, 0.15) is 5.82 Å². The van der Waals surface area contributed by atoms with E-state index < -0.39 is 29.1 Å². The number of halogens is 3. The first kappa shape index (κ1) is 13.7. The highest BCUT2D eigenvalue weighted by molar-refractivity contribution is 5.96. The average Bonchev–Trinajstić information content (AvgIpc) is 2.37. The van der Waals surface area contributed by atoms with Crippen LogP contribution < -0.4 is 11.1 Å². The molecule has 0 bridgehead atoms. The van der Waals surface area contributed by atoms with Crippen LogP contribution >= 0.6 is 0 Å². The lowest BCUT2D eigenvalue weighted by atomic mass is 10.2. The highest BCUT2D eigenvalue weighted by atomic mass is 19.2. The van der Waals surface area contributed by atoms with Gasteiger partial charge in [-0.05, 0) is 6.07 Å². The van der Waals surface area contributed by atoms with Crippen LogP contribution in [-0.4, -0.2) is 16.1 Å². The van der Waals surface area contributed by atoms with Gasteiger partial charge in [0.25, 0.3) is 0 Å². The Morgan fingerprint density at radius 3 is 2.50 bits per heavy atom. The van der Waals surface area contributed by atoms with Gasteiger partial charge in [-0.1, -0.05) is 0 Å². The first-order valence-electron chi connectivity index (χ1n) is 5.29. The molecule has 20 heavy (non-hydrogen) atoms. The van der Waals surface area contributed by atoms with Gasteiger partial charge in [0.2, 0.25) is 0 Å². The van der Waals surface area contributed by atoms with E-state index in [-0.39, 0.29) is 17.1 Å². The Labute approximate surface area is 110 Å². The minimum atomic E-state index is -1.34. The molecule has 2 aromatic rings. The van der Waals surface area contributed by atoms with Crippen LogP contribution in [0.3, 0.4) is 0 Å². The summed E-state index contributed by atoms with van der Waals surface area (Å²) < 4.78 is 39.3. The summed E-state index contributed by atoms with van der Waals surface area (Å²) in [5.41, 5.74) is 4.65. The highest BCUT2D eigenvalue weighted by Crippen LogP contribution is 2.26. The molecule has 0 atom stereocenters. The predicted octanol–water partition coefficient (Wildman–Crippen LogP) is 2.52. The summed E-state index contributed by atoms with van der Waals surface area (Å²) in [6.07, 6.45) is 1.14. The third-order valence-electron chi connectivity index (χ3n) is 2.48. The maximum absolute atomic E-state index is 13.5. The van der Waals surface area contributed by atoms with Crippen molar-refractivity contribution in [1.29, 1.82) is 0 Å². The molecule has 0 fully saturated rings. The van der Waals surface area contributed by atoms with E-state index in [1.54, 1.807) is 0 Å². The predicted molar refractivity (Wildman–Crippen MR) is 65.2 cm³/mol. The average molecular weight is 283 g/mol. The van der Waals surface area contributed by atoms with Gasteiger partial charge in [-0.15, -0.1) is 0 Å². The van der Waals surface area contributed by atoms with Crippen LogP contribution in [-0.2, 0) is 0 Å². The number of carboxylic acid groups (broad SMARTS) is 1. The van der Waals surface area contributed by atoms with Gasteiger partial charge in [-0.25, -0.2) is 22.9 Å². The van der Waals surface area contributed by atoms with Crippen molar-refractivity contribution in [2.75, 3.05) is 11.1 Å². The normalized spacial score (nSPS) is 10.3. The van der Waals surface area contributed by atoms with E-state index in [9.17, 15) is 18.0 Å². The minimum absolute atomic E-state index is 0.171. The number of rotatable bonds is 3. The minimum Gasteiger partial charge on any atom is -0.478 e. The number of carbonyl (C=O) groups is 1.